The average molecular weight is 361 g/mol. The molecule has 2 aliphatic rings. The zero-order valence-electron chi connectivity index (χ0n) is 16.9. The Kier molecular flexibility index (Phi) is 11.4. The van der Waals surface area contributed by atoms with E-state index in [4.69, 9.17) is 15.5 Å². The van der Waals surface area contributed by atoms with E-state index in [9.17, 15) is 0 Å². The number of nitrogens with two attached hydrogens (primary N) is 1. The van der Waals surface area contributed by atoms with E-state index in [0.717, 1.165) is 37.3 Å². The molecule has 26 heavy (non-hydrogen) atoms. The molecule has 0 amide bonds. The number of ether oxygens (including phenoxy) is 1. The third kappa shape index (κ3) is 8.00. The molecule has 5 nitrogen and oxygen atoms in total. The maximum Gasteiger partial charge on any atom is 0.287 e. The second-order valence-electron chi connectivity index (χ2n) is 6.08. The molecular formula is C21H36N4O. The van der Waals surface area contributed by atoms with Gasteiger partial charge in [0.15, 0.2) is 0 Å². The number of aliphatic imine (C=N–C) groups is 2. The summed E-state index contributed by atoms with van der Waals surface area (Å²) < 4.78 is 5.60. The van der Waals surface area contributed by atoms with Gasteiger partial charge in [-0.25, -0.2) is 4.99 Å². The van der Waals surface area contributed by atoms with Crippen LogP contribution in [0.3, 0.4) is 0 Å². The number of dihydropyridines is 1. The second-order valence-corrected chi connectivity index (χ2v) is 6.08. The Bertz CT molecular complexity index is 546. The smallest absolute Gasteiger partial charge is 0.287 e. The van der Waals surface area contributed by atoms with E-state index in [2.05, 4.69) is 36.3 Å². The normalized spacial score (nSPS) is 23.2. The fourth-order valence-corrected chi connectivity index (χ4v) is 2.86. The highest BCUT2D eigenvalue weighted by atomic mass is 16.5. The zero-order valence-corrected chi connectivity index (χ0v) is 16.9. The Hall–Kier alpha value is -1.88. The Morgan fingerprint density at radius 1 is 1.38 bits per heavy atom. The third-order valence-electron chi connectivity index (χ3n) is 4.10. The van der Waals surface area contributed by atoms with Gasteiger partial charge in [-0.2, -0.15) is 0 Å². The standard InChI is InChI=1S/C19H30N4O.C2H6/c1-3-5-9-17(7-4-2)24-19(20)22-14-12-16-11-10-15-8-6-13-21-18(15)23-16;1-2/h5,7,9-11,15,18,21H,3-4,6,8,12-14H2,1-2H3,(H2,20,22);1-2H3/b9-5-,17-7+;. The second kappa shape index (κ2) is 13.3. The molecule has 146 valence electrons. The Morgan fingerprint density at radius 2 is 2.19 bits per heavy atom. The van der Waals surface area contributed by atoms with Crippen molar-refractivity contribution in [3.05, 3.63) is 36.1 Å². The van der Waals surface area contributed by atoms with Crippen molar-refractivity contribution in [1.29, 1.82) is 0 Å². The first kappa shape index (κ1) is 22.2. The Balaban J connectivity index is 0.00000163. The maximum atomic E-state index is 5.88. The van der Waals surface area contributed by atoms with Gasteiger partial charge in [0.05, 0.1) is 0 Å². The Morgan fingerprint density at radius 3 is 2.92 bits per heavy atom. The van der Waals surface area contributed by atoms with E-state index in [1.54, 1.807) is 0 Å². The molecule has 2 unspecified atom stereocenters. The number of amidine groups is 1. The minimum Gasteiger partial charge on any atom is -0.427 e. The first-order valence-electron chi connectivity index (χ1n) is 10.1. The van der Waals surface area contributed by atoms with Crippen LogP contribution < -0.4 is 11.1 Å². The van der Waals surface area contributed by atoms with Gasteiger partial charge < -0.3 is 10.5 Å². The van der Waals surface area contributed by atoms with Crippen LogP contribution in [-0.2, 0) is 4.74 Å². The number of allylic oxidation sites excluding steroid dienone is 4. The predicted molar refractivity (Wildman–Crippen MR) is 112 cm³/mol. The van der Waals surface area contributed by atoms with E-state index in [1.807, 2.05) is 32.1 Å². The van der Waals surface area contributed by atoms with Gasteiger partial charge in [0.1, 0.15) is 11.9 Å². The largest absolute Gasteiger partial charge is 0.427 e. The van der Waals surface area contributed by atoms with E-state index < -0.39 is 0 Å². The van der Waals surface area contributed by atoms with Gasteiger partial charge in [0.25, 0.3) is 6.02 Å². The molecule has 0 aromatic carbocycles. The van der Waals surface area contributed by atoms with Crippen molar-refractivity contribution in [2.45, 2.75) is 66.0 Å². The molecule has 0 aromatic heterocycles. The van der Waals surface area contributed by atoms with Crippen LogP contribution in [0.5, 0.6) is 0 Å². The van der Waals surface area contributed by atoms with Crippen LogP contribution in [0.15, 0.2) is 46.1 Å². The highest BCUT2D eigenvalue weighted by molar-refractivity contribution is 5.96. The monoisotopic (exact) mass is 360 g/mol. The van der Waals surface area contributed by atoms with Gasteiger partial charge in [-0.15, -0.1) is 0 Å². The summed E-state index contributed by atoms with van der Waals surface area (Å²) in [7, 11) is 0. The number of piperidine rings is 1. The molecule has 3 N–H and O–H groups in total. The number of hydrogen-bond acceptors (Lipinski definition) is 4. The van der Waals surface area contributed by atoms with E-state index in [-0.39, 0.29) is 12.2 Å². The zero-order chi connectivity index (χ0) is 19.2. The number of hydrogen-bond donors (Lipinski definition) is 2. The molecule has 0 aliphatic carbocycles. The molecular weight excluding hydrogens is 324 g/mol. The first-order chi connectivity index (χ1) is 12.7. The number of nitrogens with one attached hydrogen (secondary N) is 1. The van der Waals surface area contributed by atoms with Crippen molar-refractivity contribution in [3.8, 4) is 0 Å². The van der Waals surface area contributed by atoms with Crippen molar-refractivity contribution in [1.82, 2.24) is 5.32 Å². The lowest BCUT2D eigenvalue weighted by Gasteiger charge is -2.30. The van der Waals surface area contributed by atoms with Crippen LogP contribution in [-0.4, -0.2) is 31.0 Å². The highest BCUT2D eigenvalue weighted by Crippen LogP contribution is 2.22. The fourth-order valence-electron chi connectivity index (χ4n) is 2.86. The van der Waals surface area contributed by atoms with Gasteiger partial charge in [0.2, 0.25) is 0 Å². The summed E-state index contributed by atoms with van der Waals surface area (Å²) in [6.07, 6.45) is 15.7. The summed E-state index contributed by atoms with van der Waals surface area (Å²) in [4.78, 5) is 9.09. The van der Waals surface area contributed by atoms with Gasteiger partial charge in [0, 0.05) is 24.6 Å². The lowest BCUT2D eigenvalue weighted by Crippen LogP contribution is -2.41. The summed E-state index contributed by atoms with van der Waals surface area (Å²) in [5, 5.41) is 3.47. The van der Waals surface area contributed by atoms with Crippen molar-refractivity contribution >= 4 is 11.7 Å². The molecule has 1 fully saturated rings. The molecule has 2 rings (SSSR count). The number of rotatable bonds is 7. The van der Waals surface area contributed by atoms with Crippen LogP contribution in [0.2, 0.25) is 0 Å². The lowest BCUT2D eigenvalue weighted by molar-refractivity contribution is 0.334. The van der Waals surface area contributed by atoms with Crippen molar-refractivity contribution in [2.24, 2.45) is 21.6 Å². The molecule has 2 aliphatic heterocycles. The molecule has 0 bridgehead atoms. The third-order valence-corrected chi connectivity index (χ3v) is 4.10. The topological polar surface area (TPSA) is 72.0 Å². The van der Waals surface area contributed by atoms with Crippen LogP contribution in [0, 0.1) is 5.92 Å². The van der Waals surface area contributed by atoms with Crippen LogP contribution in [0.4, 0.5) is 0 Å². The number of fused-ring (bicyclic) bond motifs is 1. The number of nitrogens with zero attached hydrogens (tertiary/aromatic N) is 2. The van der Waals surface area contributed by atoms with Crippen LogP contribution in [0.25, 0.3) is 0 Å². The van der Waals surface area contributed by atoms with E-state index in [1.165, 1.54) is 12.8 Å². The Labute approximate surface area is 159 Å². The molecule has 1 saturated heterocycles. The minimum atomic E-state index is 0.213. The molecule has 5 heteroatoms. The lowest BCUT2D eigenvalue weighted by atomic mass is 9.93. The van der Waals surface area contributed by atoms with Crippen molar-refractivity contribution < 1.29 is 4.74 Å². The summed E-state index contributed by atoms with van der Waals surface area (Å²) in [6.45, 7) is 9.80. The van der Waals surface area contributed by atoms with Crippen molar-refractivity contribution in [2.75, 3.05) is 13.1 Å². The van der Waals surface area contributed by atoms with Crippen LogP contribution >= 0.6 is 0 Å². The summed E-state index contributed by atoms with van der Waals surface area (Å²) in [6, 6.07) is 0.213. The molecule has 0 spiro atoms. The summed E-state index contributed by atoms with van der Waals surface area (Å²) >= 11 is 0. The highest BCUT2D eigenvalue weighted by Gasteiger charge is 2.24. The quantitative estimate of drug-likeness (QED) is 0.307. The van der Waals surface area contributed by atoms with E-state index in [0.29, 0.717) is 12.5 Å². The molecule has 0 saturated carbocycles. The molecule has 0 radical (unpaired) electrons. The molecule has 2 heterocycles. The van der Waals surface area contributed by atoms with E-state index >= 15 is 0 Å². The predicted octanol–water partition coefficient (Wildman–Crippen LogP) is 4.33. The van der Waals surface area contributed by atoms with Gasteiger partial charge in [-0.1, -0.05) is 39.8 Å². The maximum absolute atomic E-state index is 5.88. The van der Waals surface area contributed by atoms with Gasteiger partial charge in [-0.3, -0.25) is 10.3 Å². The summed E-state index contributed by atoms with van der Waals surface area (Å²) in [5.41, 5.74) is 6.96. The average Bonchev–Trinajstić information content (AvgIpc) is 2.68. The van der Waals surface area contributed by atoms with Gasteiger partial charge in [-0.05, 0) is 50.5 Å². The first-order valence-corrected chi connectivity index (χ1v) is 10.1. The van der Waals surface area contributed by atoms with Crippen LogP contribution in [0.1, 0.15) is 59.8 Å². The van der Waals surface area contributed by atoms with Gasteiger partial charge >= 0.3 is 0 Å². The molecule has 0 aromatic rings. The minimum absolute atomic E-state index is 0.213. The SMILES string of the molecule is CC.CC/C=C\C(=C/CC)OC(N)=NCCC1=NC2NCCCC2C=C1. The fraction of sp³-hybridized carbons (Fsp3) is 0.619. The molecule has 2 atom stereocenters. The summed E-state index contributed by atoms with van der Waals surface area (Å²) in [5.74, 6) is 1.30. The van der Waals surface area contributed by atoms with Crippen molar-refractivity contribution in [3.63, 3.8) is 0 Å².